The van der Waals surface area contributed by atoms with Crippen LogP contribution in [0.1, 0.15) is 20.5 Å². The average molecular weight is 434 g/mol. The van der Waals surface area contributed by atoms with Gasteiger partial charge in [0.1, 0.15) is 12.1 Å². The fourth-order valence-corrected chi connectivity index (χ4v) is 5.94. The van der Waals surface area contributed by atoms with Gasteiger partial charge in [-0.05, 0) is 34.2 Å². The summed E-state index contributed by atoms with van der Waals surface area (Å²) < 4.78 is 7.22. The number of hydrogen-bond donors (Lipinski definition) is 1. The van der Waals surface area contributed by atoms with Crippen LogP contribution in [0.4, 0.5) is 5.69 Å². The number of aromatic nitrogens is 4. The van der Waals surface area contributed by atoms with Gasteiger partial charge in [0.25, 0.3) is 5.91 Å². The van der Waals surface area contributed by atoms with Crippen LogP contribution in [0.3, 0.4) is 0 Å². The van der Waals surface area contributed by atoms with E-state index in [-0.39, 0.29) is 5.91 Å². The highest BCUT2D eigenvalue weighted by Crippen LogP contribution is 2.45. The van der Waals surface area contributed by atoms with Gasteiger partial charge in [0.15, 0.2) is 0 Å². The maximum Gasteiger partial charge on any atom is 0.259 e. The summed E-state index contributed by atoms with van der Waals surface area (Å²) in [5.74, 6) is 2.38. The number of benzene rings is 2. The number of methoxy groups -OCH3 is 1. The molecular formula is C18H16ClN5O2S2. The molecule has 2 aromatic carbocycles. The molecule has 1 aliphatic heterocycles. The number of hydrogen-bond acceptors (Lipinski definition) is 7. The Kier molecular flexibility index (Phi) is 5.74. The lowest BCUT2D eigenvalue weighted by molar-refractivity contribution is 0.102. The lowest BCUT2D eigenvalue weighted by Crippen LogP contribution is -2.14. The van der Waals surface area contributed by atoms with Crippen molar-refractivity contribution < 1.29 is 9.53 Å². The van der Waals surface area contributed by atoms with E-state index in [0.29, 0.717) is 26.6 Å². The molecule has 3 aromatic rings. The number of ether oxygens (including phenoxy) is 1. The number of nitrogens with zero attached hydrogens (tertiary/aromatic N) is 4. The van der Waals surface area contributed by atoms with Crippen molar-refractivity contribution in [3.05, 3.63) is 58.9 Å². The first-order valence-electron chi connectivity index (χ1n) is 8.41. The molecule has 1 amide bonds. The van der Waals surface area contributed by atoms with Crippen LogP contribution in [0.5, 0.6) is 5.75 Å². The van der Waals surface area contributed by atoms with Crippen molar-refractivity contribution in [2.45, 2.75) is 4.58 Å². The molecule has 0 saturated carbocycles. The van der Waals surface area contributed by atoms with E-state index in [9.17, 15) is 4.79 Å². The van der Waals surface area contributed by atoms with Crippen molar-refractivity contribution in [3.8, 4) is 11.4 Å². The second-order valence-electron chi connectivity index (χ2n) is 5.91. The Bertz CT molecular complexity index is 994. The molecule has 1 fully saturated rings. The van der Waals surface area contributed by atoms with Crippen LogP contribution in [0.25, 0.3) is 5.69 Å². The van der Waals surface area contributed by atoms with Crippen molar-refractivity contribution >= 4 is 46.7 Å². The van der Waals surface area contributed by atoms with Crippen LogP contribution in [-0.2, 0) is 0 Å². The Morgan fingerprint density at radius 2 is 2.11 bits per heavy atom. The number of carbonyl (C=O) groups excluding carboxylic acids is 1. The highest BCUT2D eigenvalue weighted by Gasteiger charge is 2.20. The molecular weight excluding hydrogens is 418 g/mol. The van der Waals surface area contributed by atoms with Gasteiger partial charge in [0, 0.05) is 23.3 Å². The van der Waals surface area contributed by atoms with Crippen molar-refractivity contribution in [1.29, 1.82) is 0 Å². The largest absolute Gasteiger partial charge is 0.496 e. The molecule has 7 nitrogen and oxygen atoms in total. The van der Waals surface area contributed by atoms with E-state index in [0.717, 1.165) is 17.2 Å². The quantitative estimate of drug-likeness (QED) is 0.649. The Hall–Kier alpha value is -2.23. The molecule has 28 heavy (non-hydrogen) atoms. The van der Waals surface area contributed by atoms with E-state index in [2.05, 4.69) is 26.9 Å². The lowest BCUT2D eigenvalue weighted by atomic mass is 10.1. The minimum absolute atomic E-state index is 0.300. The highest BCUT2D eigenvalue weighted by atomic mass is 35.5. The average Bonchev–Trinajstić information content (AvgIpc) is 3.42. The normalized spacial score (nSPS) is 14.2. The van der Waals surface area contributed by atoms with Gasteiger partial charge >= 0.3 is 0 Å². The summed E-state index contributed by atoms with van der Waals surface area (Å²) in [6, 6.07) is 11.1. The van der Waals surface area contributed by atoms with Gasteiger partial charge in [-0.2, -0.15) is 4.68 Å². The predicted molar refractivity (Wildman–Crippen MR) is 113 cm³/mol. The molecule has 1 aliphatic rings. The predicted octanol–water partition coefficient (Wildman–Crippen LogP) is 4.06. The SMILES string of the molecule is COc1cc(-n2cnnn2)c(Cl)cc1C(=O)Nc1cccc(C2SCCS2)c1. The topological polar surface area (TPSA) is 81.9 Å². The summed E-state index contributed by atoms with van der Waals surface area (Å²) >= 11 is 10.2. The number of nitrogens with one attached hydrogen (secondary N) is 1. The molecule has 0 aliphatic carbocycles. The molecule has 0 spiro atoms. The summed E-state index contributed by atoms with van der Waals surface area (Å²) in [7, 11) is 1.50. The summed E-state index contributed by atoms with van der Waals surface area (Å²) in [5, 5.41) is 14.3. The Morgan fingerprint density at radius 3 is 2.82 bits per heavy atom. The van der Waals surface area contributed by atoms with Crippen molar-refractivity contribution in [2.24, 2.45) is 0 Å². The molecule has 2 heterocycles. The maximum absolute atomic E-state index is 12.9. The van der Waals surface area contributed by atoms with Crippen molar-refractivity contribution in [3.63, 3.8) is 0 Å². The van der Waals surface area contributed by atoms with Crippen molar-refractivity contribution in [2.75, 3.05) is 23.9 Å². The number of carbonyl (C=O) groups is 1. The summed E-state index contributed by atoms with van der Waals surface area (Å²) in [6.45, 7) is 0. The first-order chi connectivity index (χ1) is 13.7. The highest BCUT2D eigenvalue weighted by molar-refractivity contribution is 8.19. The lowest BCUT2D eigenvalue weighted by Gasteiger charge is -2.14. The number of halogens is 1. The van der Waals surface area contributed by atoms with Crippen LogP contribution in [0.2, 0.25) is 5.02 Å². The molecule has 144 valence electrons. The zero-order chi connectivity index (χ0) is 19.5. The van der Waals surface area contributed by atoms with Crippen LogP contribution in [0, 0.1) is 0 Å². The van der Waals surface area contributed by atoms with Gasteiger partial charge in [-0.15, -0.1) is 28.6 Å². The molecule has 0 bridgehead atoms. The van der Waals surface area contributed by atoms with Gasteiger partial charge in [-0.1, -0.05) is 23.7 Å². The second-order valence-corrected chi connectivity index (χ2v) is 9.04. The molecule has 0 unspecified atom stereocenters. The van der Waals surface area contributed by atoms with Gasteiger partial charge in [0.05, 0.1) is 28.0 Å². The zero-order valence-corrected chi connectivity index (χ0v) is 17.2. The molecule has 0 atom stereocenters. The van der Waals surface area contributed by atoms with E-state index in [4.69, 9.17) is 16.3 Å². The number of anilines is 1. The van der Waals surface area contributed by atoms with E-state index in [1.54, 1.807) is 12.1 Å². The standard InChI is InChI=1S/C18H16ClN5O2S2/c1-26-16-9-15(24-10-20-22-23-24)14(19)8-13(16)17(25)21-12-4-2-3-11(7-12)18-27-5-6-28-18/h2-4,7-10,18H,5-6H2,1H3,(H,21,25). The molecule has 10 heteroatoms. The number of tetrazole rings is 1. The zero-order valence-electron chi connectivity index (χ0n) is 14.8. The molecule has 4 rings (SSSR count). The third-order valence-corrected chi connectivity index (χ3v) is 7.55. The fraction of sp³-hybridized carbons (Fsp3) is 0.222. The van der Waals surface area contributed by atoms with Gasteiger partial charge in [-0.3, -0.25) is 4.79 Å². The number of rotatable bonds is 5. The van der Waals surface area contributed by atoms with E-state index in [1.165, 1.54) is 23.7 Å². The summed E-state index contributed by atoms with van der Waals surface area (Å²) in [5.41, 5.74) is 2.79. The smallest absolute Gasteiger partial charge is 0.259 e. The third-order valence-electron chi connectivity index (χ3n) is 4.15. The summed E-state index contributed by atoms with van der Waals surface area (Å²) in [6.07, 6.45) is 1.42. The van der Waals surface area contributed by atoms with Gasteiger partial charge < -0.3 is 10.1 Å². The fourth-order valence-electron chi connectivity index (χ4n) is 2.85. The van der Waals surface area contributed by atoms with Crippen LogP contribution < -0.4 is 10.1 Å². The number of thioether (sulfide) groups is 2. The maximum atomic E-state index is 12.9. The van der Waals surface area contributed by atoms with Crippen molar-refractivity contribution in [1.82, 2.24) is 20.2 Å². The first kappa shape index (κ1) is 19.1. The Morgan fingerprint density at radius 1 is 1.29 bits per heavy atom. The van der Waals surface area contributed by atoms with E-state index in [1.807, 2.05) is 41.7 Å². The van der Waals surface area contributed by atoms with Crippen LogP contribution in [-0.4, -0.2) is 44.7 Å². The molecule has 1 N–H and O–H groups in total. The second kappa shape index (κ2) is 8.42. The monoisotopic (exact) mass is 433 g/mol. The summed E-state index contributed by atoms with van der Waals surface area (Å²) in [4.78, 5) is 12.9. The minimum Gasteiger partial charge on any atom is -0.496 e. The van der Waals surface area contributed by atoms with E-state index < -0.39 is 0 Å². The van der Waals surface area contributed by atoms with Crippen LogP contribution in [0.15, 0.2) is 42.7 Å². The Balaban J connectivity index is 1.59. The van der Waals surface area contributed by atoms with Gasteiger partial charge in [-0.25, -0.2) is 0 Å². The molecule has 0 radical (unpaired) electrons. The van der Waals surface area contributed by atoms with Gasteiger partial charge in [0.2, 0.25) is 0 Å². The molecule has 1 saturated heterocycles. The minimum atomic E-state index is -0.300. The molecule has 1 aromatic heterocycles. The van der Waals surface area contributed by atoms with E-state index >= 15 is 0 Å². The number of amides is 1. The Labute approximate surface area is 175 Å². The van der Waals surface area contributed by atoms with Crippen LogP contribution >= 0.6 is 35.1 Å². The third kappa shape index (κ3) is 3.96. The first-order valence-corrected chi connectivity index (χ1v) is 10.9.